The zero-order valence-electron chi connectivity index (χ0n) is 34.3. The molecule has 0 aliphatic carbocycles. The smallest absolute Gasteiger partial charge is 0.258 e. The molecule has 65 heavy (non-hydrogen) atoms. The van der Waals surface area contributed by atoms with E-state index in [9.17, 15) is 23.6 Å². The Hall–Kier alpha value is -6.72. The quantitative estimate of drug-likeness (QED) is 0.0664. The molecule has 6 aromatic rings. The van der Waals surface area contributed by atoms with Gasteiger partial charge in [0, 0.05) is 65.3 Å². The third-order valence-electron chi connectivity index (χ3n) is 10.0. The summed E-state index contributed by atoms with van der Waals surface area (Å²) in [5, 5.41) is 20.1. The summed E-state index contributed by atoms with van der Waals surface area (Å²) in [5.74, 6) is -0.984. The van der Waals surface area contributed by atoms with Gasteiger partial charge in [-0.1, -0.05) is 68.9 Å². The zero-order valence-corrected chi connectivity index (χ0v) is 38.1. The molecule has 4 heterocycles. The summed E-state index contributed by atoms with van der Waals surface area (Å²) < 4.78 is 15.5. The molecule has 0 unspecified atom stereocenters. The highest BCUT2D eigenvalue weighted by Gasteiger charge is 2.22. The predicted octanol–water partition coefficient (Wildman–Crippen LogP) is 9.76. The van der Waals surface area contributed by atoms with Crippen LogP contribution in [0.2, 0.25) is 15.1 Å². The van der Waals surface area contributed by atoms with Gasteiger partial charge in [0.1, 0.15) is 29.1 Å². The second-order valence-electron chi connectivity index (χ2n) is 14.5. The Labute approximate surface area is 395 Å². The molecule has 4 amide bonds. The van der Waals surface area contributed by atoms with E-state index in [0.717, 1.165) is 31.6 Å². The number of halogens is 5. The number of carbonyl (C=O) groups is 4. The van der Waals surface area contributed by atoms with Crippen LogP contribution in [-0.2, 0) is 0 Å². The second kappa shape index (κ2) is 20.9. The van der Waals surface area contributed by atoms with Crippen molar-refractivity contribution in [3.8, 4) is 0 Å². The summed E-state index contributed by atoms with van der Waals surface area (Å²) in [5.41, 5.74) is 2.51. The molecule has 1 fully saturated rings. The molecule has 14 nitrogen and oxygen atoms in total. The molecule has 0 radical (unpaired) electrons. The zero-order chi connectivity index (χ0) is 46.2. The van der Waals surface area contributed by atoms with Crippen LogP contribution < -0.4 is 21.3 Å². The van der Waals surface area contributed by atoms with Gasteiger partial charge in [-0.2, -0.15) is 0 Å². The normalized spacial score (nSPS) is 12.8. The number of aliphatic imine (C=N–C) groups is 1. The molecular formula is C46H37BrCl3FN10O4. The van der Waals surface area contributed by atoms with E-state index in [4.69, 9.17) is 40.2 Å². The fourth-order valence-corrected chi connectivity index (χ4v) is 7.22. The fourth-order valence-electron chi connectivity index (χ4n) is 6.46. The van der Waals surface area contributed by atoms with Crippen molar-refractivity contribution in [2.45, 2.75) is 6.42 Å². The Balaban J connectivity index is 0.000000194. The second-order valence-corrected chi connectivity index (χ2v) is 16.7. The highest BCUT2D eigenvalue weighted by Crippen LogP contribution is 2.26. The Kier molecular flexibility index (Phi) is 14.8. The van der Waals surface area contributed by atoms with Gasteiger partial charge in [-0.3, -0.25) is 29.6 Å². The molecule has 0 bridgehead atoms. The van der Waals surface area contributed by atoms with Crippen molar-refractivity contribution in [2.24, 2.45) is 4.99 Å². The van der Waals surface area contributed by atoms with Crippen LogP contribution >= 0.6 is 50.7 Å². The van der Waals surface area contributed by atoms with Crippen LogP contribution in [-0.4, -0.2) is 88.3 Å². The van der Waals surface area contributed by atoms with Crippen molar-refractivity contribution in [1.29, 1.82) is 5.41 Å². The minimum absolute atomic E-state index is 0.0894. The summed E-state index contributed by atoms with van der Waals surface area (Å²) in [7, 11) is 1.87. The maximum atomic E-state index is 14.8. The number of rotatable bonds is 10. The predicted molar refractivity (Wildman–Crippen MR) is 256 cm³/mol. The van der Waals surface area contributed by atoms with E-state index in [0.29, 0.717) is 60.4 Å². The SMILES string of the molecule is CN1CCN=C1c1ccc(C(=O)Nc2ccc(Cl)cc2C(=O)Nc2ccc(Cl)cn2)c(F)c1.N=C(c1ccc(C(=O)Nc2ccc(Br)cc2C(=O)Nc2ccc(Cl)cn2)cc1)N1CCC1. The van der Waals surface area contributed by atoms with Gasteiger partial charge < -0.3 is 31.1 Å². The molecule has 330 valence electrons. The fraction of sp³-hybridized carbons (Fsp3) is 0.130. The molecule has 2 aliphatic rings. The minimum Gasteiger partial charge on any atom is -0.358 e. The Morgan fingerprint density at radius 3 is 1.72 bits per heavy atom. The first-order chi connectivity index (χ1) is 31.2. The highest BCUT2D eigenvalue weighted by molar-refractivity contribution is 9.10. The first-order valence-corrected chi connectivity index (χ1v) is 21.7. The molecule has 2 aromatic heterocycles. The van der Waals surface area contributed by atoms with Crippen LogP contribution in [0.3, 0.4) is 0 Å². The molecule has 5 N–H and O–H groups in total. The number of nitrogens with one attached hydrogen (secondary N) is 5. The summed E-state index contributed by atoms with van der Waals surface area (Å²) >= 11 is 21.1. The molecule has 0 atom stereocenters. The van der Waals surface area contributed by atoms with Gasteiger partial charge >= 0.3 is 0 Å². The number of pyridine rings is 2. The number of hydrogen-bond acceptors (Lipinski definition) is 9. The van der Waals surface area contributed by atoms with Crippen LogP contribution in [0.25, 0.3) is 0 Å². The third-order valence-corrected chi connectivity index (χ3v) is 11.2. The maximum Gasteiger partial charge on any atom is 0.258 e. The minimum atomic E-state index is -0.707. The van der Waals surface area contributed by atoms with Crippen LogP contribution in [0.1, 0.15) is 59.0 Å². The third kappa shape index (κ3) is 11.7. The number of nitrogens with zero attached hydrogens (tertiary/aromatic N) is 5. The molecule has 0 saturated carbocycles. The van der Waals surface area contributed by atoms with Gasteiger partial charge in [-0.05, 0) is 91.3 Å². The van der Waals surface area contributed by atoms with Gasteiger partial charge in [0.15, 0.2) is 0 Å². The Morgan fingerprint density at radius 1 is 0.631 bits per heavy atom. The first-order valence-electron chi connectivity index (χ1n) is 19.8. The van der Waals surface area contributed by atoms with Crippen molar-refractivity contribution in [1.82, 2.24) is 19.8 Å². The van der Waals surface area contributed by atoms with Gasteiger partial charge in [-0.25, -0.2) is 14.4 Å². The lowest BCUT2D eigenvalue weighted by Crippen LogP contribution is -2.42. The molecule has 8 rings (SSSR count). The standard InChI is InChI=1S/C23H19BrClN5O2.C23H18Cl2FN5O2/c24-16-6-8-19(18(12-16)23(32)29-20-9-7-17(25)13-27-20)28-22(31)15-4-2-14(3-5-15)21(26)30-10-1-11-30;1-31-9-8-27-21(31)13-2-5-16(18(26)10-13)22(32)29-19-6-3-14(24)11-17(19)23(33)30-20-7-4-15(25)12-28-20/h2-9,12-13,26H,1,10-11H2,(H,28,31)(H,27,29,32);2-7,10-12H,8-9H2,1H3,(H,29,32)(H,28,30,33). The van der Waals surface area contributed by atoms with E-state index in [1.54, 1.807) is 66.7 Å². The van der Waals surface area contributed by atoms with Crippen molar-refractivity contribution in [2.75, 3.05) is 54.5 Å². The van der Waals surface area contributed by atoms with Gasteiger partial charge in [0.25, 0.3) is 23.6 Å². The van der Waals surface area contributed by atoms with Crippen molar-refractivity contribution >= 4 is 109 Å². The first kappa shape index (κ1) is 46.3. The number of likely N-dealkylation sites (N-methyl/N-ethyl adjacent to an activating group) is 1. The number of carbonyl (C=O) groups excluding carboxylic acids is 4. The van der Waals surface area contributed by atoms with Gasteiger partial charge in [0.2, 0.25) is 0 Å². The van der Waals surface area contributed by atoms with E-state index in [2.05, 4.69) is 52.2 Å². The molecule has 0 spiro atoms. The van der Waals surface area contributed by atoms with Gasteiger partial charge in [0.05, 0.1) is 44.7 Å². The van der Waals surface area contributed by atoms with Crippen LogP contribution in [0.15, 0.2) is 125 Å². The monoisotopic (exact) mass is 996 g/mol. The van der Waals surface area contributed by atoms with Crippen LogP contribution in [0, 0.1) is 11.2 Å². The van der Waals surface area contributed by atoms with Crippen molar-refractivity contribution in [3.05, 3.63) is 174 Å². The van der Waals surface area contributed by atoms with E-state index in [-0.39, 0.29) is 34.1 Å². The summed E-state index contributed by atoms with van der Waals surface area (Å²) in [6.07, 6.45) is 3.92. The van der Waals surface area contributed by atoms with Crippen molar-refractivity contribution in [3.63, 3.8) is 0 Å². The lowest BCUT2D eigenvalue weighted by Gasteiger charge is -2.33. The lowest BCUT2D eigenvalue weighted by atomic mass is 10.1. The largest absolute Gasteiger partial charge is 0.358 e. The number of likely N-dealkylation sites (tertiary alicyclic amines) is 1. The number of hydrogen-bond donors (Lipinski definition) is 5. The average molecular weight is 999 g/mol. The van der Waals surface area contributed by atoms with E-state index in [1.165, 1.54) is 48.8 Å². The number of amides is 4. The summed E-state index contributed by atoms with van der Waals surface area (Å²) in [6.45, 7) is 3.18. The number of benzene rings is 4. The highest BCUT2D eigenvalue weighted by atomic mass is 79.9. The average Bonchev–Trinajstić information content (AvgIpc) is 3.71. The van der Waals surface area contributed by atoms with Crippen molar-refractivity contribution < 1.29 is 23.6 Å². The molecule has 19 heteroatoms. The maximum absolute atomic E-state index is 14.8. The Morgan fingerprint density at radius 2 is 1.18 bits per heavy atom. The van der Waals surface area contributed by atoms with Gasteiger partial charge in [-0.15, -0.1) is 0 Å². The lowest BCUT2D eigenvalue weighted by molar-refractivity contribution is 0.101. The molecule has 1 saturated heterocycles. The summed E-state index contributed by atoms with van der Waals surface area (Å²) in [4.78, 5) is 67.6. The number of amidine groups is 2. The topological polar surface area (TPSA) is 185 Å². The number of anilines is 4. The van der Waals surface area contributed by atoms with Crippen LogP contribution in [0.4, 0.5) is 27.4 Å². The van der Waals surface area contributed by atoms with Crippen LogP contribution in [0.5, 0.6) is 0 Å². The molecular weight excluding hydrogens is 962 g/mol. The number of aromatic nitrogens is 2. The van der Waals surface area contributed by atoms with E-state index < -0.39 is 23.5 Å². The summed E-state index contributed by atoms with van der Waals surface area (Å²) in [6, 6.07) is 26.9. The van der Waals surface area contributed by atoms with E-state index in [1.807, 2.05) is 16.8 Å². The Bertz CT molecular complexity index is 2830. The molecule has 4 aromatic carbocycles. The van der Waals surface area contributed by atoms with E-state index >= 15 is 0 Å². The molecule has 2 aliphatic heterocycles.